The van der Waals surface area contributed by atoms with Gasteiger partial charge in [-0.25, -0.2) is 0 Å². The summed E-state index contributed by atoms with van der Waals surface area (Å²) in [6.07, 6.45) is 4.99. The molecule has 14 heavy (non-hydrogen) atoms. The number of carbonyl (C=O) groups excluding carboxylic acids is 1. The fraction of sp³-hybridized carbons (Fsp3) is 0.909. The molecule has 80 valence electrons. The average Bonchev–Trinajstić information content (AvgIpc) is 2.99. The van der Waals surface area contributed by atoms with Gasteiger partial charge in [0.2, 0.25) is 5.91 Å². The zero-order chi connectivity index (χ0) is 9.97. The van der Waals surface area contributed by atoms with Crippen LogP contribution in [0.4, 0.5) is 0 Å². The first-order valence-electron chi connectivity index (χ1n) is 5.75. The molecule has 1 saturated heterocycles. The van der Waals surface area contributed by atoms with Crippen molar-refractivity contribution in [1.29, 1.82) is 0 Å². The highest BCUT2D eigenvalue weighted by Crippen LogP contribution is 2.28. The Morgan fingerprint density at radius 1 is 1.43 bits per heavy atom. The zero-order valence-electron chi connectivity index (χ0n) is 8.96. The Kier molecular flexibility index (Phi) is 3.06. The van der Waals surface area contributed by atoms with Crippen molar-refractivity contribution in [2.24, 2.45) is 5.92 Å². The molecular formula is C11H20N2O. The first-order chi connectivity index (χ1) is 6.77. The van der Waals surface area contributed by atoms with E-state index >= 15 is 0 Å². The summed E-state index contributed by atoms with van der Waals surface area (Å²) < 4.78 is 0. The number of rotatable bonds is 3. The molecular weight excluding hydrogens is 176 g/mol. The second-order valence-electron chi connectivity index (χ2n) is 4.61. The van der Waals surface area contributed by atoms with Crippen molar-refractivity contribution in [1.82, 2.24) is 10.2 Å². The van der Waals surface area contributed by atoms with E-state index in [9.17, 15) is 4.79 Å². The number of hydrogen-bond donors (Lipinski definition) is 1. The summed E-state index contributed by atoms with van der Waals surface area (Å²) in [5, 5.41) is 3.40. The first-order valence-corrected chi connectivity index (χ1v) is 5.75. The van der Waals surface area contributed by atoms with Crippen LogP contribution in [-0.4, -0.2) is 36.5 Å². The Balaban J connectivity index is 1.82. The molecule has 1 N–H and O–H groups in total. The van der Waals surface area contributed by atoms with E-state index in [4.69, 9.17) is 0 Å². The standard InChI is InChI=1S/C11H20N2O/c1-9(14)13(11-4-5-11)8-10-3-2-6-12-7-10/h10-12H,2-8H2,1H3. The van der Waals surface area contributed by atoms with Gasteiger partial charge in [-0.2, -0.15) is 0 Å². The van der Waals surface area contributed by atoms with Gasteiger partial charge in [0.1, 0.15) is 0 Å². The summed E-state index contributed by atoms with van der Waals surface area (Å²) in [6.45, 7) is 4.93. The third-order valence-electron chi connectivity index (χ3n) is 3.25. The molecule has 2 rings (SSSR count). The fourth-order valence-electron chi connectivity index (χ4n) is 2.28. The van der Waals surface area contributed by atoms with E-state index < -0.39 is 0 Å². The quantitative estimate of drug-likeness (QED) is 0.730. The minimum absolute atomic E-state index is 0.262. The van der Waals surface area contributed by atoms with Crippen LogP contribution in [0.25, 0.3) is 0 Å². The average molecular weight is 196 g/mol. The highest BCUT2D eigenvalue weighted by Gasteiger charge is 2.32. The molecule has 3 nitrogen and oxygen atoms in total. The zero-order valence-corrected chi connectivity index (χ0v) is 8.96. The number of piperidine rings is 1. The lowest BCUT2D eigenvalue weighted by atomic mass is 9.99. The number of amides is 1. The van der Waals surface area contributed by atoms with Crippen molar-refractivity contribution in [2.75, 3.05) is 19.6 Å². The van der Waals surface area contributed by atoms with Crippen molar-refractivity contribution in [2.45, 2.75) is 38.6 Å². The molecule has 2 fully saturated rings. The Morgan fingerprint density at radius 3 is 2.71 bits per heavy atom. The van der Waals surface area contributed by atoms with Crippen LogP contribution in [0.15, 0.2) is 0 Å². The molecule has 3 heteroatoms. The van der Waals surface area contributed by atoms with Crippen molar-refractivity contribution >= 4 is 5.91 Å². The van der Waals surface area contributed by atoms with Crippen LogP contribution in [0.3, 0.4) is 0 Å². The highest BCUT2D eigenvalue weighted by atomic mass is 16.2. The maximum Gasteiger partial charge on any atom is 0.219 e. The Hall–Kier alpha value is -0.570. The first kappa shape index (κ1) is 9.97. The van der Waals surface area contributed by atoms with Gasteiger partial charge in [0.25, 0.3) is 0 Å². The van der Waals surface area contributed by atoms with Gasteiger partial charge in [-0.05, 0) is 44.7 Å². The molecule has 0 aromatic rings. The van der Waals surface area contributed by atoms with E-state index in [0.717, 1.165) is 19.6 Å². The monoisotopic (exact) mass is 196 g/mol. The topological polar surface area (TPSA) is 32.3 Å². The van der Waals surface area contributed by atoms with Gasteiger partial charge in [-0.15, -0.1) is 0 Å². The lowest BCUT2D eigenvalue weighted by Crippen LogP contribution is -2.41. The molecule has 2 aliphatic rings. The summed E-state index contributed by atoms with van der Waals surface area (Å²) in [7, 11) is 0. The van der Waals surface area contributed by atoms with Gasteiger partial charge in [-0.1, -0.05) is 0 Å². The van der Waals surface area contributed by atoms with Crippen LogP contribution in [-0.2, 0) is 4.79 Å². The lowest BCUT2D eigenvalue weighted by Gasteiger charge is -2.29. The van der Waals surface area contributed by atoms with Gasteiger partial charge in [0.15, 0.2) is 0 Å². The second-order valence-corrected chi connectivity index (χ2v) is 4.61. The molecule has 1 heterocycles. The molecule has 1 aliphatic carbocycles. The van der Waals surface area contributed by atoms with E-state index in [1.165, 1.54) is 25.7 Å². The Bertz CT molecular complexity index is 207. The smallest absolute Gasteiger partial charge is 0.219 e. The van der Waals surface area contributed by atoms with E-state index in [1.807, 2.05) is 0 Å². The summed E-state index contributed by atoms with van der Waals surface area (Å²) in [6, 6.07) is 0.578. The number of hydrogen-bond acceptors (Lipinski definition) is 2. The Morgan fingerprint density at radius 2 is 2.21 bits per heavy atom. The van der Waals surface area contributed by atoms with E-state index in [-0.39, 0.29) is 5.91 Å². The normalized spacial score (nSPS) is 27.4. The predicted molar refractivity (Wildman–Crippen MR) is 56.0 cm³/mol. The van der Waals surface area contributed by atoms with Gasteiger partial charge in [-0.3, -0.25) is 4.79 Å². The lowest BCUT2D eigenvalue weighted by molar-refractivity contribution is -0.130. The minimum atomic E-state index is 0.262. The van der Waals surface area contributed by atoms with Gasteiger partial charge in [0.05, 0.1) is 0 Å². The fourth-order valence-corrected chi connectivity index (χ4v) is 2.28. The van der Waals surface area contributed by atoms with Gasteiger partial charge in [0, 0.05) is 19.5 Å². The predicted octanol–water partition coefficient (Wildman–Crippen LogP) is 0.997. The SMILES string of the molecule is CC(=O)N(CC1CCCNC1)C1CC1. The van der Waals surface area contributed by atoms with Crippen LogP contribution in [0, 0.1) is 5.92 Å². The summed E-state index contributed by atoms with van der Waals surface area (Å²) in [4.78, 5) is 13.5. The number of carbonyl (C=O) groups is 1. The molecule has 0 bridgehead atoms. The van der Waals surface area contributed by atoms with Crippen LogP contribution in [0.2, 0.25) is 0 Å². The highest BCUT2D eigenvalue weighted by molar-refractivity contribution is 5.74. The maximum absolute atomic E-state index is 11.4. The number of nitrogens with zero attached hydrogens (tertiary/aromatic N) is 1. The summed E-state index contributed by atoms with van der Waals surface area (Å²) in [5.41, 5.74) is 0. The van der Waals surface area contributed by atoms with Crippen molar-refractivity contribution < 1.29 is 4.79 Å². The van der Waals surface area contributed by atoms with Crippen LogP contribution < -0.4 is 5.32 Å². The van der Waals surface area contributed by atoms with Crippen molar-refractivity contribution in [3.8, 4) is 0 Å². The van der Waals surface area contributed by atoms with E-state index in [1.54, 1.807) is 6.92 Å². The third kappa shape index (κ3) is 2.47. The minimum Gasteiger partial charge on any atom is -0.340 e. The summed E-state index contributed by atoms with van der Waals surface area (Å²) >= 11 is 0. The molecule has 0 aromatic carbocycles. The molecule has 1 saturated carbocycles. The molecule has 0 aromatic heterocycles. The van der Waals surface area contributed by atoms with Crippen molar-refractivity contribution in [3.63, 3.8) is 0 Å². The molecule has 1 amide bonds. The molecule has 0 radical (unpaired) electrons. The molecule has 1 atom stereocenters. The molecule has 1 unspecified atom stereocenters. The third-order valence-corrected chi connectivity index (χ3v) is 3.25. The van der Waals surface area contributed by atoms with Gasteiger partial charge < -0.3 is 10.2 Å². The second kappa shape index (κ2) is 4.30. The van der Waals surface area contributed by atoms with Gasteiger partial charge >= 0.3 is 0 Å². The van der Waals surface area contributed by atoms with E-state index in [0.29, 0.717) is 12.0 Å². The van der Waals surface area contributed by atoms with Crippen LogP contribution in [0.1, 0.15) is 32.6 Å². The van der Waals surface area contributed by atoms with Crippen LogP contribution >= 0.6 is 0 Å². The van der Waals surface area contributed by atoms with Crippen molar-refractivity contribution in [3.05, 3.63) is 0 Å². The van der Waals surface area contributed by atoms with Crippen LogP contribution in [0.5, 0.6) is 0 Å². The number of nitrogens with one attached hydrogen (secondary N) is 1. The molecule has 1 aliphatic heterocycles. The largest absolute Gasteiger partial charge is 0.340 e. The maximum atomic E-state index is 11.4. The Labute approximate surface area is 85.8 Å². The van der Waals surface area contributed by atoms with E-state index in [2.05, 4.69) is 10.2 Å². The molecule has 0 spiro atoms. The summed E-state index contributed by atoms with van der Waals surface area (Å²) in [5.74, 6) is 0.950.